The number of aryl methyl sites for hydroxylation is 2. The number of rotatable bonds is 4. The molecule has 0 heterocycles. The minimum Gasteiger partial charge on any atom is -0.481 e. The summed E-state index contributed by atoms with van der Waals surface area (Å²) in [5, 5.41) is 12.6. The smallest absolute Gasteiger partial charge is 0.307 e. The van der Waals surface area contributed by atoms with Crippen molar-refractivity contribution in [3.63, 3.8) is 0 Å². The fourth-order valence-corrected chi connectivity index (χ4v) is 4.72. The van der Waals surface area contributed by atoms with Crippen molar-refractivity contribution in [1.82, 2.24) is 5.32 Å². The maximum Gasteiger partial charge on any atom is 0.307 e. The van der Waals surface area contributed by atoms with Crippen molar-refractivity contribution in [2.45, 2.75) is 46.1 Å². The second kappa shape index (κ2) is 5.99. The van der Waals surface area contributed by atoms with E-state index >= 15 is 0 Å². The Morgan fingerprint density at radius 1 is 1.17 bits per heavy atom. The number of carbonyl (C=O) groups excluding carboxylic acids is 1. The molecule has 2 aliphatic rings. The highest BCUT2D eigenvalue weighted by atomic mass is 16.4. The zero-order valence-electron chi connectivity index (χ0n) is 14.0. The number of nitrogens with one attached hydrogen (secondary N) is 1. The van der Waals surface area contributed by atoms with Crippen molar-refractivity contribution >= 4 is 11.9 Å². The molecule has 2 N–H and O–H groups in total. The molecule has 1 aromatic carbocycles. The maximum absolute atomic E-state index is 12.7. The number of fused-ring (bicyclic) bond motifs is 2. The molecule has 2 bridgehead atoms. The van der Waals surface area contributed by atoms with Gasteiger partial charge in [-0.3, -0.25) is 9.59 Å². The lowest BCUT2D eigenvalue weighted by Crippen LogP contribution is -2.42. The molecule has 1 amide bonds. The Labute approximate surface area is 137 Å². The van der Waals surface area contributed by atoms with Gasteiger partial charge >= 0.3 is 5.97 Å². The van der Waals surface area contributed by atoms with Crippen LogP contribution in [0, 0.1) is 37.5 Å². The van der Waals surface area contributed by atoms with Crippen LogP contribution >= 0.6 is 0 Å². The van der Waals surface area contributed by atoms with E-state index in [9.17, 15) is 14.7 Å². The van der Waals surface area contributed by atoms with Gasteiger partial charge in [0, 0.05) is 0 Å². The molecule has 0 aliphatic heterocycles. The van der Waals surface area contributed by atoms with Crippen LogP contribution in [-0.2, 0) is 9.59 Å². The molecular weight excluding hydrogens is 290 g/mol. The molecule has 1 aromatic rings. The van der Waals surface area contributed by atoms with Crippen LogP contribution in [-0.4, -0.2) is 17.0 Å². The summed E-state index contributed by atoms with van der Waals surface area (Å²) in [5.74, 6) is -1.33. The SMILES string of the molecule is Cc1ccc([C@H](C)NC(=O)[C@H]2[C@H]3CC[C@@H](C3)[C@H]2C(=O)O)c(C)c1. The molecule has 0 saturated heterocycles. The molecule has 2 fully saturated rings. The normalized spacial score (nSPS) is 30.2. The van der Waals surface area contributed by atoms with E-state index in [1.54, 1.807) is 0 Å². The van der Waals surface area contributed by atoms with E-state index in [0.29, 0.717) is 0 Å². The molecular formula is C19H25NO3. The van der Waals surface area contributed by atoms with Gasteiger partial charge in [0.1, 0.15) is 0 Å². The van der Waals surface area contributed by atoms with Crippen LogP contribution in [0.4, 0.5) is 0 Å². The molecule has 124 valence electrons. The summed E-state index contributed by atoms with van der Waals surface area (Å²) in [6.07, 6.45) is 2.84. The van der Waals surface area contributed by atoms with Gasteiger partial charge in [-0.15, -0.1) is 0 Å². The van der Waals surface area contributed by atoms with Gasteiger partial charge in [-0.1, -0.05) is 23.8 Å². The molecule has 5 atom stereocenters. The number of benzene rings is 1. The van der Waals surface area contributed by atoms with E-state index in [2.05, 4.69) is 11.4 Å². The Bertz CT molecular complexity index is 640. The second-order valence-corrected chi connectivity index (χ2v) is 7.31. The molecule has 0 spiro atoms. The average Bonchev–Trinajstić information content (AvgIpc) is 3.07. The lowest BCUT2D eigenvalue weighted by Gasteiger charge is -2.28. The molecule has 23 heavy (non-hydrogen) atoms. The van der Waals surface area contributed by atoms with Gasteiger partial charge in [-0.25, -0.2) is 0 Å². The van der Waals surface area contributed by atoms with Crippen LogP contribution in [0.25, 0.3) is 0 Å². The second-order valence-electron chi connectivity index (χ2n) is 7.31. The van der Waals surface area contributed by atoms with Gasteiger partial charge in [0.25, 0.3) is 0 Å². The van der Waals surface area contributed by atoms with Crippen molar-refractivity contribution in [3.05, 3.63) is 34.9 Å². The quantitative estimate of drug-likeness (QED) is 0.896. The topological polar surface area (TPSA) is 66.4 Å². The summed E-state index contributed by atoms with van der Waals surface area (Å²) in [6.45, 7) is 6.06. The van der Waals surface area contributed by atoms with E-state index in [4.69, 9.17) is 0 Å². The molecule has 4 heteroatoms. The third-order valence-corrected chi connectivity index (χ3v) is 5.75. The fourth-order valence-electron chi connectivity index (χ4n) is 4.72. The highest BCUT2D eigenvalue weighted by Crippen LogP contribution is 2.52. The Morgan fingerprint density at radius 3 is 2.43 bits per heavy atom. The number of hydrogen-bond acceptors (Lipinski definition) is 2. The number of hydrogen-bond donors (Lipinski definition) is 2. The number of amides is 1. The fraction of sp³-hybridized carbons (Fsp3) is 0.579. The van der Waals surface area contributed by atoms with E-state index in [1.165, 1.54) is 5.56 Å². The monoisotopic (exact) mass is 315 g/mol. The molecule has 2 saturated carbocycles. The Morgan fingerprint density at radius 2 is 1.83 bits per heavy atom. The third kappa shape index (κ3) is 2.87. The van der Waals surface area contributed by atoms with Gasteiger partial charge in [0.05, 0.1) is 17.9 Å². The van der Waals surface area contributed by atoms with Gasteiger partial charge in [0.2, 0.25) is 5.91 Å². The van der Waals surface area contributed by atoms with Gasteiger partial charge < -0.3 is 10.4 Å². The van der Waals surface area contributed by atoms with Crippen LogP contribution in [0.5, 0.6) is 0 Å². The van der Waals surface area contributed by atoms with E-state index in [-0.39, 0.29) is 29.7 Å². The van der Waals surface area contributed by atoms with Crippen LogP contribution in [0.15, 0.2) is 18.2 Å². The standard InChI is InChI=1S/C19H25NO3/c1-10-4-7-15(11(2)8-10)12(3)20-18(21)16-13-5-6-14(9-13)17(16)19(22)23/h4,7-8,12-14,16-17H,5-6,9H2,1-3H3,(H,20,21)(H,22,23)/t12-,13-,14-,16-,17+/m0/s1. The molecule has 4 nitrogen and oxygen atoms in total. The predicted octanol–water partition coefficient (Wildman–Crippen LogP) is 3.23. The predicted molar refractivity (Wildman–Crippen MR) is 87.9 cm³/mol. The zero-order chi connectivity index (χ0) is 16.7. The van der Waals surface area contributed by atoms with Crippen LogP contribution in [0.1, 0.15) is 48.9 Å². The average molecular weight is 315 g/mol. The van der Waals surface area contributed by atoms with Gasteiger partial charge in [-0.05, 0) is 63.0 Å². The third-order valence-electron chi connectivity index (χ3n) is 5.75. The highest BCUT2D eigenvalue weighted by molar-refractivity contribution is 5.86. The largest absolute Gasteiger partial charge is 0.481 e. The van der Waals surface area contributed by atoms with E-state index < -0.39 is 11.9 Å². The maximum atomic E-state index is 12.7. The Kier molecular flexibility index (Phi) is 4.17. The van der Waals surface area contributed by atoms with Crippen molar-refractivity contribution in [3.8, 4) is 0 Å². The number of carboxylic acid groups (broad SMARTS) is 1. The Hall–Kier alpha value is -1.84. The molecule has 0 unspecified atom stereocenters. The summed E-state index contributed by atoms with van der Waals surface area (Å²) in [5.41, 5.74) is 3.45. The van der Waals surface area contributed by atoms with Crippen molar-refractivity contribution in [2.24, 2.45) is 23.7 Å². The zero-order valence-corrected chi connectivity index (χ0v) is 14.0. The number of carboxylic acids is 1. The molecule has 3 rings (SSSR count). The van der Waals surface area contributed by atoms with Crippen molar-refractivity contribution in [1.29, 1.82) is 0 Å². The van der Waals surface area contributed by atoms with Crippen molar-refractivity contribution < 1.29 is 14.7 Å². The van der Waals surface area contributed by atoms with Gasteiger partial charge in [-0.2, -0.15) is 0 Å². The summed E-state index contributed by atoms with van der Waals surface area (Å²) < 4.78 is 0. The van der Waals surface area contributed by atoms with Crippen LogP contribution < -0.4 is 5.32 Å². The first-order valence-electron chi connectivity index (χ1n) is 8.48. The number of aliphatic carboxylic acids is 1. The highest BCUT2D eigenvalue weighted by Gasteiger charge is 2.54. The van der Waals surface area contributed by atoms with Crippen molar-refractivity contribution in [2.75, 3.05) is 0 Å². The summed E-state index contributed by atoms with van der Waals surface area (Å²) in [4.78, 5) is 24.3. The van der Waals surface area contributed by atoms with Crippen LogP contribution in [0.3, 0.4) is 0 Å². The first kappa shape index (κ1) is 16.0. The lowest BCUT2D eigenvalue weighted by molar-refractivity contribution is -0.149. The summed E-state index contributed by atoms with van der Waals surface area (Å²) in [7, 11) is 0. The number of carbonyl (C=O) groups is 2. The molecule has 0 aromatic heterocycles. The summed E-state index contributed by atoms with van der Waals surface area (Å²) >= 11 is 0. The first-order chi connectivity index (χ1) is 10.9. The Balaban J connectivity index is 1.74. The minimum absolute atomic E-state index is 0.0860. The first-order valence-corrected chi connectivity index (χ1v) is 8.48. The minimum atomic E-state index is -0.809. The van der Waals surface area contributed by atoms with Gasteiger partial charge in [0.15, 0.2) is 0 Å². The molecule has 2 aliphatic carbocycles. The summed E-state index contributed by atoms with van der Waals surface area (Å²) in [6, 6.07) is 6.10. The van der Waals surface area contributed by atoms with Crippen LogP contribution in [0.2, 0.25) is 0 Å². The van der Waals surface area contributed by atoms with E-state index in [0.717, 1.165) is 30.4 Å². The lowest BCUT2D eigenvalue weighted by atomic mass is 9.78. The van der Waals surface area contributed by atoms with E-state index in [1.807, 2.05) is 32.9 Å². The molecule has 0 radical (unpaired) electrons.